The van der Waals surface area contributed by atoms with Gasteiger partial charge < -0.3 is 20.1 Å². The predicted molar refractivity (Wildman–Crippen MR) is 94.3 cm³/mol. The van der Waals surface area contributed by atoms with Crippen LogP contribution in [0.1, 0.15) is 17.5 Å². The quantitative estimate of drug-likeness (QED) is 0.689. The molecule has 1 atom stereocenters. The highest BCUT2D eigenvalue weighted by atomic mass is 79.9. The smallest absolute Gasteiger partial charge is 0.145 e. The van der Waals surface area contributed by atoms with Crippen LogP contribution in [0.15, 0.2) is 34.9 Å². The number of aliphatic hydroxyl groups excluding tert-OH is 1. The zero-order valence-corrected chi connectivity index (χ0v) is 14.8. The Balaban J connectivity index is 2.40. The summed E-state index contributed by atoms with van der Waals surface area (Å²) in [6.45, 7) is 2.01. The Morgan fingerprint density at radius 1 is 1.35 bits per heavy atom. The maximum absolute atomic E-state index is 9.79. The van der Waals surface area contributed by atoms with Crippen molar-refractivity contribution in [1.29, 1.82) is 0 Å². The van der Waals surface area contributed by atoms with Gasteiger partial charge in [0.25, 0.3) is 0 Å². The van der Waals surface area contributed by atoms with Crippen molar-refractivity contribution in [2.24, 2.45) is 12.8 Å². The van der Waals surface area contributed by atoms with Gasteiger partial charge in [-0.2, -0.15) is 0 Å². The number of pyridine rings is 1. The van der Waals surface area contributed by atoms with Crippen LogP contribution in [0.2, 0.25) is 0 Å². The first kappa shape index (κ1) is 16.0. The third-order valence-electron chi connectivity index (χ3n) is 4.00. The number of hydrogen-bond donors (Lipinski definition) is 2. The Morgan fingerprint density at radius 2 is 2.09 bits per heavy atom. The molecule has 0 fully saturated rings. The first-order chi connectivity index (χ1) is 10.9. The molecule has 1 unspecified atom stereocenters. The van der Waals surface area contributed by atoms with E-state index in [0.29, 0.717) is 5.69 Å². The number of aryl methyl sites for hydroxylation is 1. The lowest BCUT2D eigenvalue weighted by Gasteiger charge is -2.14. The van der Waals surface area contributed by atoms with E-state index in [-0.39, 0.29) is 0 Å². The molecule has 6 heteroatoms. The van der Waals surface area contributed by atoms with Crippen molar-refractivity contribution in [2.45, 2.75) is 13.2 Å². The maximum Gasteiger partial charge on any atom is 0.145 e. The van der Waals surface area contributed by atoms with Gasteiger partial charge in [0.15, 0.2) is 0 Å². The van der Waals surface area contributed by atoms with Crippen LogP contribution in [-0.4, -0.2) is 21.8 Å². The van der Waals surface area contributed by atoms with Crippen molar-refractivity contribution in [1.82, 2.24) is 9.55 Å². The number of halogens is 1. The lowest BCUT2D eigenvalue weighted by atomic mass is 9.97. The molecule has 0 aliphatic heterocycles. The van der Waals surface area contributed by atoms with Gasteiger partial charge in [0, 0.05) is 23.1 Å². The predicted octanol–water partition coefficient (Wildman–Crippen LogP) is 3.27. The second-order valence-electron chi connectivity index (χ2n) is 5.46. The number of nitrogens with zero attached hydrogens (tertiary/aromatic N) is 2. The van der Waals surface area contributed by atoms with Gasteiger partial charge in [-0.05, 0) is 51.7 Å². The molecule has 0 saturated heterocycles. The molecule has 0 spiro atoms. The number of aromatic nitrogens is 2. The minimum atomic E-state index is -1.13. The van der Waals surface area contributed by atoms with Gasteiger partial charge >= 0.3 is 0 Å². The molecule has 0 aliphatic rings. The highest BCUT2D eigenvalue weighted by Crippen LogP contribution is 2.38. The van der Waals surface area contributed by atoms with Crippen LogP contribution in [0, 0.1) is 6.92 Å². The Labute approximate surface area is 142 Å². The molecular weight excluding hydrogens is 358 g/mol. The van der Waals surface area contributed by atoms with Crippen LogP contribution in [0.3, 0.4) is 0 Å². The number of hydrogen-bond acceptors (Lipinski definition) is 4. The standard InChI is InChI=1S/C17H18BrN3O2/c1-9-10(5-4-6-14(9)23-3)11-7-13(16(19)22)20-17-15(11)12(18)8-21(17)2/h4-8,16,22H,19H2,1-3H3. The third kappa shape index (κ3) is 2.63. The summed E-state index contributed by atoms with van der Waals surface area (Å²) >= 11 is 3.60. The second-order valence-corrected chi connectivity index (χ2v) is 6.31. The third-order valence-corrected chi connectivity index (χ3v) is 4.60. The normalized spacial score (nSPS) is 12.6. The van der Waals surface area contributed by atoms with Crippen molar-refractivity contribution < 1.29 is 9.84 Å². The van der Waals surface area contributed by atoms with Crippen molar-refractivity contribution in [2.75, 3.05) is 7.11 Å². The first-order valence-electron chi connectivity index (χ1n) is 7.17. The van der Waals surface area contributed by atoms with E-state index >= 15 is 0 Å². The van der Waals surface area contributed by atoms with Gasteiger partial charge in [-0.15, -0.1) is 0 Å². The minimum absolute atomic E-state index is 0.434. The topological polar surface area (TPSA) is 73.3 Å². The zero-order chi connectivity index (χ0) is 16.7. The molecule has 3 rings (SSSR count). The fraction of sp³-hybridized carbons (Fsp3) is 0.235. The van der Waals surface area contributed by atoms with Gasteiger partial charge in [-0.1, -0.05) is 12.1 Å². The average Bonchev–Trinajstić information content (AvgIpc) is 2.81. The summed E-state index contributed by atoms with van der Waals surface area (Å²) in [6.07, 6.45) is 0.821. The number of benzene rings is 1. The number of aliphatic hydroxyl groups is 1. The fourth-order valence-corrected chi connectivity index (χ4v) is 3.53. The highest BCUT2D eigenvalue weighted by molar-refractivity contribution is 9.10. The van der Waals surface area contributed by atoms with E-state index in [0.717, 1.165) is 37.9 Å². The van der Waals surface area contributed by atoms with Crippen molar-refractivity contribution in [3.63, 3.8) is 0 Å². The van der Waals surface area contributed by atoms with E-state index < -0.39 is 6.23 Å². The molecule has 1 aromatic carbocycles. The van der Waals surface area contributed by atoms with Crippen LogP contribution in [0.25, 0.3) is 22.2 Å². The number of methoxy groups -OCH3 is 1. The molecule has 5 nitrogen and oxygen atoms in total. The largest absolute Gasteiger partial charge is 0.496 e. The van der Waals surface area contributed by atoms with E-state index in [2.05, 4.69) is 20.9 Å². The van der Waals surface area contributed by atoms with Gasteiger partial charge in [-0.3, -0.25) is 0 Å². The van der Waals surface area contributed by atoms with Gasteiger partial charge in [0.1, 0.15) is 17.6 Å². The molecule has 2 heterocycles. The fourth-order valence-electron chi connectivity index (χ4n) is 2.83. The van der Waals surface area contributed by atoms with E-state index in [1.807, 2.05) is 49.0 Å². The van der Waals surface area contributed by atoms with Gasteiger partial charge in [0.2, 0.25) is 0 Å². The molecule has 23 heavy (non-hydrogen) atoms. The molecule has 0 bridgehead atoms. The summed E-state index contributed by atoms with van der Waals surface area (Å²) in [5.41, 5.74) is 9.84. The number of fused-ring (bicyclic) bond motifs is 1. The number of ether oxygens (including phenoxy) is 1. The Kier molecular flexibility index (Phi) is 4.14. The SMILES string of the molecule is COc1cccc(-c2cc(C(N)O)nc3c2c(Br)cn3C)c1C. The van der Waals surface area contributed by atoms with Crippen LogP contribution in [-0.2, 0) is 7.05 Å². The molecule has 120 valence electrons. The number of rotatable bonds is 3. The van der Waals surface area contributed by atoms with E-state index in [1.54, 1.807) is 7.11 Å². The van der Waals surface area contributed by atoms with Crippen molar-refractivity contribution in [3.8, 4) is 16.9 Å². The van der Waals surface area contributed by atoms with Crippen LogP contribution in [0.5, 0.6) is 5.75 Å². The second kappa shape index (κ2) is 5.96. The van der Waals surface area contributed by atoms with Gasteiger partial charge in [-0.25, -0.2) is 4.98 Å². The lowest BCUT2D eigenvalue weighted by Crippen LogP contribution is -2.11. The van der Waals surface area contributed by atoms with Crippen LogP contribution < -0.4 is 10.5 Å². The monoisotopic (exact) mass is 375 g/mol. The number of nitrogens with two attached hydrogens (primary N) is 1. The van der Waals surface area contributed by atoms with Gasteiger partial charge in [0.05, 0.1) is 12.8 Å². The van der Waals surface area contributed by atoms with Crippen LogP contribution in [0.4, 0.5) is 0 Å². The summed E-state index contributed by atoms with van der Waals surface area (Å²) in [7, 11) is 3.57. The Bertz CT molecular complexity index is 887. The molecular formula is C17H18BrN3O2. The van der Waals surface area contributed by atoms with E-state index in [1.165, 1.54) is 0 Å². The lowest BCUT2D eigenvalue weighted by molar-refractivity contribution is 0.182. The summed E-state index contributed by atoms with van der Waals surface area (Å²) < 4.78 is 8.28. The maximum atomic E-state index is 9.79. The van der Waals surface area contributed by atoms with E-state index in [9.17, 15) is 5.11 Å². The highest BCUT2D eigenvalue weighted by Gasteiger charge is 2.18. The zero-order valence-electron chi connectivity index (χ0n) is 13.2. The average molecular weight is 376 g/mol. The summed E-state index contributed by atoms with van der Waals surface area (Å²) in [5.74, 6) is 0.814. The summed E-state index contributed by atoms with van der Waals surface area (Å²) in [5, 5.41) is 10.8. The Morgan fingerprint density at radius 3 is 2.74 bits per heavy atom. The molecule has 0 radical (unpaired) electrons. The minimum Gasteiger partial charge on any atom is -0.496 e. The molecule has 3 aromatic rings. The summed E-state index contributed by atoms with van der Waals surface area (Å²) in [6, 6.07) is 7.73. The molecule has 0 aliphatic carbocycles. The van der Waals surface area contributed by atoms with Crippen molar-refractivity contribution >= 4 is 27.0 Å². The summed E-state index contributed by atoms with van der Waals surface area (Å²) in [4.78, 5) is 4.48. The molecule has 3 N–H and O–H groups in total. The Hall–Kier alpha value is -1.89. The molecule has 2 aromatic heterocycles. The first-order valence-corrected chi connectivity index (χ1v) is 7.96. The van der Waals surface area contributed by atoms with Crippen molar-refractivity contribution in [3.05, 3.63) is 46.2 Å². The van der Waals surface area contributed by atoms with E-state index in [4.69, 9.17) is 10.5 Å². The molecule has 0 saturated carbocycles. The molecule has 0 amide bonds. The van der Waals surface area contributed by atoms with Crippen LogP contribution >= 0.6 is 15.9 Å².